The number of esters is 1. The number of amides is 3. The Morgan fingerprint density at radius 3 is 1.89 bits per heavy atom. The fraction of sp³-hybridized carbons (Fsp3) is 0.214. The molecule has 0 radical (unpaired) electrons. The summed E-state index contributed by atoms with van der Waals surface area (Å²) in [6, 6.07) is 25.2. The predicted octanol–water partition coefficient (Wildman–Crippen LogP) is 3.77. The van der Waals surface area contributed by atoms with Crippen molar-refractivity contribution in [1.82, 2.24) is 9.96 Å². The summed E-state index contributed by atoms with van der Waals surface area (Å²) < 4.78 is 5.33. The van der Waals surface area contributed by atoms with Gasteiger partial charge in [0, 0.05) is 19.9 Å². The Kier molecular flexibility index (Phi) is 7.87. The van der Waals surface area contributed by atoms with Crippen molar-refractivity contribution in [2.45, 2.75) is 32.6 Å². The Labute approximate surface area is 209 Å². The Morgan fingerprint density at radius 1 is 0.806 bits per heavy atom. The number of carbonyl (C=O) groups excluding carboxylic acids is 4. The molecule has 3 aromatic carbocycles. The molecule has 3 amide bonds. The van der Waals surface area contributed by atoms with E-state index in [2.05, 4.69) is 0 Å². The SMILES string of the molecule is CC(=O)O[C@@H](CCN1C(=O)c2ccccc2C1=O)C(=O)N(Cc1ccccc1)OCc1ccccc1. The van der Waals surface area contributed by atoms with E-state index >= 15 is 0 Å². The Balaban J connectivity index is 1.50. The van der Waals surface area contributed by atoms with Crippen molar-refractivity contribution in [2.24, 2.45) is 0 Å². The lowest BCUT2D eigenvalue weighted by atomic mass is 10.1. The standard InChI is InChI=1S/C28H26N2O6/c1-20(31)36-25(16-17-29-26(32)23-14-8-9-15-24(23)27(29)33)28(34)30(18-21-10-4-2-5-11-21)35-19-22-12-6-3-7-13-22/h2-15,25H,16-19H2,1H3/t25-/m0/s1. The number of hydroxylamine groups is 2. The topological polar surface area (TPSA) is 93.2 Å². The van der Waals surface area contributed by atoms with Gasteiger partial charge in [-0.05, 0) is 23.3 Å². The van der Waals surface area contributed by atoms with Gasteiger partial charge in [-0.3, -0.25) is 28.9 Å². The number of carbonyl (C=O) groups is 4. The zero-order chi connectivity index (χ0) is 25.5. The summed E-state index contributed by atoms with van der Waals surface area (Å²) in [5, 5.41) is 1.16. The van der Waals surface area contributed by atoms with Crippen molar-refractivity contribution in [3.8, 4) is 0 Å². The normalized spacial score (nSPS) is 13.3. The van der Waals surface area contributed by atoms with Crippen LogP contribution in [0.15, 0.2) is 84.9 Å². The summed E-state index contributed by atoms with van der Waals surface area (Å²) in [6.07, 6.45) is -1.31. The summed E-state index contributed by atoms with van der Waals surface area (Å²) in [6.45, 7) is 1.37. The molecule has 4 rings (SSSR count). The highest BCUT2D eigenvalue weighted by molar-refractivity contribution is 6.21. The third-order valence-electron chi connectivity index (χ3n) is 5.72. The van der Waals surface area contributed by atoms with Crippen LogP contribution < -0.4 is 0 Å². The third-order valence-corrected chi connectivity index (χ3v) is 5.72. The van der Waals surface area contributed by atoms with Crippen molar-refractivity contribution >= 4 is 23.7 Å². The molecule has 0 bridgehead atoms. The minimum atomic E-state index is -1.24. The molecule has 1 heterocycles. The fourth-order valence-electron chi connectivity index (χ4n) is 3.95. The molecule has 0 spiro atoms. The Bertz CT molecular complexity index is 1210. The molecule has 184 valence electrons. The van der Waals surface area contributed by atoms with E-state index in [1.54, 1.807) is 24.3 Å². The van der Waals surface area contributed by atoms with Crippen molar-refractivity contribution < 1.29 is 28.8 Å². The number of rotatable bonds is 10. The van der Waals surface area contributed by atoms with Gasteiger partial charge in [0.2, 0.25) is 0 Å². The maximum Gasteiger partial charge on any atom is 0.303 e. The maximum absolute atomic E-state index is 13.5. The summed E-state index contributed by atoms with van der Waals surface area (Å²) >= 11 is 0. The summed E-state index contributed by atoms with van der Waals surface area (Å²) in [5.74, 6) is -2.11. The van der Waals surface area contributed by atoms with Crippen LogP contribution in [0.3, 0.4) is 0 Å². The molecular weight excluding hydrogens is 460 g/mol. The number of benzene rings is 3. The molecule has 8 heteroatoms. The van der Waals surface area contributed by atoms with Gasteiger partial charge in [0.1, 0.15) is 6.61 Å². The van der Waals surface area contributed by atoms with Gasteiger partial charge in [0.15, 0.2) is 6.10 Å². The lowest BCUT2D eigenvalue weighted by Crippen LogP contribution is -2.43. The Hall–Kier alpha value is -4.30. The number of ether oxygens (including phenoxy) is 1. The van der Waals surface area contributed by atoms with Gasteiger partial charge in [0.25, 0.3) is 17.7 Å². The lowest BCUT2D eigenvalue weighted by Gasteiger charge is -2.27. The second-order valence-electron chi connectivity index (χ2n) is 8.31. The van der Waals surface area contributed by atoms with Crippen LogP contribution >= 0.6 is 0 Å². The third kappa shape index (κ3) is 5.84. The minimum absolute atomic E-state index is 0.0656. The molecule has 0 saturated carbocycles. The van der Waals surface area contributed by atoms with Crippen LogP contribution in [0.5, 0.6) is 0 Å². The maximum atomic E-state index is 13.5. The number of hydrogen-bond donors (Lipinski definition) is 0. The molecule has 0 unspecified atom stereocenters. The molecule has 0 saturated heterocycles. The first-order valence-corrected chi connectivity index (χ1v) is 11.6. The van der Waals surface area contributed by atoms with Crippen molar-refractivity contribution in [3.63, 3.8) is 0 Å². The van der Waals surface area contributed by atoms with Crippen molar-refractivity contribution in [2.75, 3.05) is 6.54 Å². The highest BCUT2D eigenvalue weighted by Crippen LogP contribution is 2.23. The molecule has 0 N–H and O–H groups in total. The summed E-state index contributed by atoms with van der Waals surface area (Å²) in [5.41, 5.74) is 2.31. The van der Waals surface area contributed by atoms with Crippen LogP contribution in [0.2, 0.25) is 0 Å². The fourth-order valence-corrected chi connectivity index (χ4v) is 3.95. The molecule has 1 aliphatic heterocycles. The number of imide groups is 1. The van der Waals surface area contributed by atoms with Gasteiger partial charge in [0.05, 0.1) is 17.7 Å². The summed E-state index contributed by atoms with van der Waals surface area (Å²) in [4.78, 5) is 57.8. The first-order valence-electron chi connectivity index (χ1n) is 11.6. The van der Waals surface area contributed by atoms with Crippen LogP contribution in [-0.4, -0.2) is 46.3 Å². The van der Waals surface area contributed by atoms with Crippen LogP contribution in [0.25, 0.3) is 0 Å². The van der Waals surface area contributed by atoms with Crippen molar-refractivity contribution in [3.05, 3.63) is 107 Å². The van der Waals surface area contributed by atoms with Gasteiger partial charge in [-0.15, -0.1) is 0 Å². The van der Waals surface area contributed by atoms with Crippen LogP contribution in [0, 0.1) is 0 Å². The second-order valence-corrected chi connectivity index (χ2v) is 8.31. The van der Waals surface area contributed by atoms with Gasteiger partial charge >= 0.3 is 5.97 Å². The number of nitrogens with zero attached hydrogens (tertiary/aromatic N) is 2. The van der Waals surface area contributed by atoms with E-state index in [4.69, 9.17) is 9.57 Å². The molecule has 1 aliphatic rings. The summed E-state index contributed by atoms with van der Waals surface area (Å²) in [7, 11) is 0. The highest BCUT2D eigenvalue weighted by Gasteiger charge is 2.37. The van der Waals surface area contributed by atoms with Gasteiger partial charge in [-0.2, -0.15) is 0 Å². The van der Waals surface area contributed by atoms with Crippen LogP contribution in [-0.2, 0) is 32.3 Å². The largest absolute Gasteiger partial charge is 0.452 e. The van der Waals surface area contributed by atoms with Crippen LogP contribution in [0.1, 0.15) is 45.2 Å². The molecule has 0 fully saturated rings. The van der Waals surface area contributed by atoms with Crippen LogP contribution in [0.4, 0.5) is 0 Å². The van der Waals surface area contributed by atoms with E-state index in [0.717, 1.165) is 21.1 Å². The monoisotopic (exact) mass is 486 g/mol. The van der Waals surface area contributed by atoms with E-state index in [9.17, 15) is 19.2 Å². The second kappa shape index (κ2) is 11.4. The molecule has 0 aliphatic carbocycles. The molecule has 3 aromatic rings. The van der Waals surface area contributed by atoms with E-state index in [1.807, 2.05) is 60.7 Å². The smallest absolute Gasteiger partial charge is 0.303 e. The number of hydrogen-bond acceptors (Lipinski definition) is 6. The molecule has 0 aromatic heterocycles. The molecule has 8 nitrogen and oxygen atoms in total. The zero-order valence-electron chi connectivity index (χ0n) is 19.8. The minimum Gasteiger partial charge on any atom is -0.452 e. The molecular formula is C28H26N2O6. The van der Waals surface area contributed by atoms with E-state index in [1.165, 1.54) is 6.92 Å². The highest BCUT2D eigenvalue weighted by atomic mass is 16.7. The Morgan fingerprint density at radius 2 is 1.33 bits per heavy atom. The van der Waals surface area contributed by atoms with Gasteiger partial charge in [-0.1, -0.05) is 72.8 Å². The quantitative estimate of drug-likeness (QED) is 0.246. The average Bonchev–Trinajstić information content (AvgIpc) is 3.14. The van der Waals surface area contributed by atoms with Gasteiger partial charge < -0.3 is 4.74 Å². The van der Waals surface area contributed by atoms with Gasteiger partial charge in [-0.25, -0.2) is 5.06 Å². The number of fused-ring (bicyclic) bond motifs is 1. The van der Waals surface area contributed by atoms with E-state index in [0.29, 0.717) is 11.1 Å². The first kappa shape index (κ1) is 24.8. The average molecular weight is 487 g/mol. The lowest BCUT2D eigenvalue weighted by molar-refractivity contribution is -0.207. The van der Waals surface area contributed by atoms with E-state index in [-0.39, 0.29) is 26.1 Å². The van der Waals surface area contributed by atoms with Crippen molar-refractivity contribution in [1.29, 1.82) is 0 Å². The molecule has 36 heavy (non-hydrogen) atoms. The predicted molar refractivity (Wildman–Crippen MR) is 130 cm³/mol. The molecule has 1 atom stereocenters. The zero-order valence-corrected chi connectivity index (χ0v) is 19.8. The first-order chi connectivity index (χ1) is 17.4. The van der Waals surface area contributed by atoms with E-state index < -0.39 is 29.8 Å².